The maximum Gasteiger partial charge on any atom is 0.343 e. The highest BCUT2D eigenvalue weighted by Gasteiger charge is 2.27. The molecule has 1 aliphatic rings. The average molecular weight is 389 g/mol. The van der Waals surface area contributed by atoms with E-state index in [1.165, 1.54) is 16.4 Å². The third kappa shape index (κ3) is 4.55. The van der Waals surface area contributed by atoms with Crippen LogP contribution in [0.4, 0.5) is 0 Å². The lowest BCUT2D eigenvalue weighted by atomic mass is 10.0. The van der Waals surface area contributed by atoms with Gasteiger partial charge in [-0.1, -0.05) is 32.0 Å². The summed E-state index contributed by atoms with van der Waals surface area (Å²) in [5, 5.41) is 0. The van der Waals surface area contributed by atoms with Gasteiger partial charge in [0.2, 0.25) is 10.0 Å². The minimum absolute atomic E-state index is 0.0778. The number of hydrogen-bond donors (Lipinski definition) is 0. The molecule has 0 aliphatic carbocycles. The molecule has 0 unspecified atom stereocenters. The van der Waals surface area contributed by atoms with E-state index in [4.69, 9.17) is 9.47 Å². The molecule has 1 fully saturated rings. The quantitative estimate of drug-likeness (QED) is 0.580. The molecule has 0 radical (unpaired) electrons. The molecule has 1 heterocycles. The van der Waals surface area contributed by atoms with Crippen molar-refractivity contribution in [1.29, 1.82) is 0 Å². The second-order valence-corrected chi connectivity index (χ2v) is 8.60. The van der Waals surface area contributed by atoms with Crippen LogP contribution in [0.5, 0.6) is 5.75 Å². The van der Waals surface area contributed by atoms with Gasteiger partial charge in [0.15, 0.2) is 0 Å². The van der Waals surface area contributed by atoms with Gasteiger partial charge in [0, 0.05) is 13.1 Å². The fraction of sp³-hybridized carbons (Fsp3) is 0.350. The van der Waals surface area contributed by atoms with Crippen LogP contribution in [0.25, 0.3) is 0 Å². The first-order chi connectivity index (χ1) is 12.9. The summed E-state index contributed by atoms with van der Waals surface area (Å²) < 4.78 is 37.4. The normalized spacial score (nSPS) is 15.7. The molecule has 144 valence electrons. The van der Waals surface area contributed by atoms with Crippen LogP contribution in [0.1, 0.15) is 35.7 Å². The zero-order chi connectivity index (χ0) is 19.4. The topological polar surface area (TPSA) is 72.9 Å². The fourth-order valence-corrected chi connectivity index (χ4v) is 4.26. The van der Waals surface area contributed by atoms with Gasteiger partial charge in [-0.05, 0) is 41.8 Å². The SMILES string of the molecule is CC(C)c1ccc(OC(=O)c2cccc(S(=O)(=O)N3CCOCC3)c2)cc1. The lowest BCUT2D eigenvalue weighted by Gasteiger charge is -2.26. The Morgan fingerprint density at radius 3 is 2.37 bits per heavy atom. The Kier molecular flexibility index (Phi) is 5.94. The number of ether oxygens (including phenoxy) is 2. The third-order valence-electron chi connectivity index (χ3n) is 4.43. The smallest absolute Gasteiger partial charge is 0.343 e. The molecule has 0 saturated carbocycles. The Morgan fingerprint density at radius 1 is 1.07 bits per heavy atom. The second kappa shape index (κ2) is 8.21. The van der Waals surface area contributed by atoms with Crippen molar-refractivity contribution in [3.05, 3.63) is 59.7 Å². The molecule has 2 aromatic rings. The van der Waals surface area contributed by atoms with Gasteiger partial charge in [0.05, 0.1) is 23.7 Å². The van der Waals surface area contributed by atoms with Crippen LogP contribution in [-0.2, 0) is 14.8 Å². The number of nitrogens with zero attached hydrogens (tertiary/aromatic N) is 1. The summed E-state index contributed by atoms with van der Waals surface area (Å²) in [6.45, 7) is 5.52. The summed E-state index contributed by atoms with van der Waals surface area (Å²) in [5.41, 5.74) is 1.34. The summed E-state index contributed by atoms with van der Waals surface area (Å²) in [6, 6.07) is 13.2. The van der Waals surface area contributed by atoms with E-state index in [2.05, 4.69) is 13.8 Å². The molecule has 6 nitrogen and oxygen atoms in total. The Bertz CT molecular complexity index is 900. The van der Waals surface area contributed by atoms with E-state index >= 15 is 0 Å². The highest BCUT2D eigenvalue weighted by atomic mass is 32.2. The molecule has 0 aromatic heterocycles. The van der Waals surface area contributed by atoms with E-state index in [9.17, 15) is 13.2 Å². The second-order valence-electron chi connectivity index (χ2n) is 6.66. The van der Waals surface area contributed by atoms with Crippen LogP contribution in [0, 0.1) is 0 Å². The van der Waals surface area contributed by atoms with Crippen molar-refractivity contribution in [2.24, 2.45) is 0 Å². The predicted molar refractivity (Wildman–Crippen MR) is 102 cm³/mol. The summed E-state index contributed by atoms with van der Waals surface area (Å²) >= 11 is 0. The highest BCUT2D eigenvalue weighted by molar-refractivity contribution is 7.89. The van der Waals surface area contributed by atoms with Crippen LogP contribution in [0.2, 0.25) is 0 Å². The Hall–Kier alpha value is -2.22. The Labute approximate surface area is 159 Å². The molecule has 3 rings (SSSR count). The minimum atomic E-state index is -3.66. The molecule has 2 aromatic carbocycles. The first kappa shape index (κ1) is 19.5. The summed E-state index contributed by atoms with van der Waals surface area (Å²) in [7, 11) is -3.66. The van der Waals surface area contributed by atoms with Crippen molar-refractivity contribution in [3.63, 3.8) is 0 Å². The number of morpholine rings is 1. The summed E-state index contributed by atoms with van der Waals surface area (Å²) in [6.07, 6.45) is 0. The van der Waals surface area contributed by atoms with Crippen molar-refractivity contribution in [1.82, 2.24) is 4.31 Å². The molecule has 1 aliphatic heterocycles. The van der Waals surface area contributed by atoms with Gasteiger partial charge in [-0.15, -0.1) is 0 Å². The van der Waals surface area contributed by atoms with E-state index < -0.39 is 16.0 Å². The van der Waals surface area contributed by atoms with E-state index in [-0.39, 0.29) is 10.5 Å². The monoisotopic (exact) mass is 389 g/mol. The Morgan fingerprint density at radius 2 is 1.74 bits per heavy atom. The number of esters is 1. The van der Waals surface area contributed by atoms with Gasteiger partial charge in [-0.3, -0.25) is 0 Å². The molecule has 1 saturated heterocycles. The number of rotatable bonds is 5. The summed E-state index contributed by atoms with van der Waals surface area (Å²) in [4.78, 5) is 12.5. The maximum atomic E-state index is 12.7. The first-order valence-corrected chi connectivity index (χ1v) is 10.3. The van der Waals surface area contributed by atoms with Gasteiger partial charge in [0.1, 0.15) is 5.75 Å². The van der Waals surface area contributed by atoms with Crippen LogP contribution >= 0.6 is 0 Å². The van der Waals surface area contributed by atoms with Crippen LogP contribution in [0.15, 0.2) is 53.4 Å². The molecule has 27 heavy (non-hydrogen) atoms. The van der Waals surface area contributed by atoms with Crippen molar-refractivity contribution < 1.29 is 22.7 Å². The largest absolute Gasteiger partial charge is 0.423 e. The molecule has 0 atom stereocenters. The van der Waals surface area contributed by atoms with Crippen molar-refractivity contribution in [3.8, 4) is 5.75 Å². The van der Waals surface area contributed by atoms with Gasteiger partial charge in [-0.25, -0.2) is 13.2 Å². The van der Waals surface area contributed by atoms with Crippen molar-refractivity contribution >= 4 is 16.0 Å². The summed E-state index contributed by atoms with van der Waals surface area (Å²) in [5.74, 6) is 0.217. The molecule has 0 spiro atoms. The molecule has 0 bridgehead atoms. The van der Waals surface area contributed by atoms with E-state index in [0.29, 0.717) is 38.0 Å². The Balaban J connectivity index is 1.77. The zero-order valence-corrected chi connectivity index (χ0v) is 16.2. The first-order valence-electron chi connectivity index (χ1n) is 8.88. The van der Waals surface area contributed by atoms with Gasteiger partial charge in [-0.2, -0.15) is 4.31 Å². The van der Waals surface area contributed by atoms with Gasteiger partial charge >= 0.3 is 5.97 Å². The van der Waals surface area contributed by atoms with Crippen molar-refractivity contribution in [2.45, 2.75) is 24.7 Å². The fourth-order valence-electron chi connectivity index (χ4n) is 2.81. The number of carbonyl (C=O) groups excluding carboxylic acids is 1. The maximum absolute atomic E-state index is 12.7. The molecular formula is C20H23NO5S. The third-order valence-corrected chi connectivity index (χ3v) is 6.33. The highest BCUT2D eigenvalue weighted by Crippen LogP contribution is 2.21. The van der Waals surface area contributed by atoms with Crippen molar-refractivity contribution in [2.75, 3.05) is 26.3 Å². The van der Waals surface area contributed by atoms with E-state index in [1.807, 2.05) is 12.1 Å². The van der Waals surface area contributed by atoms with Crippen LogP contribution in [0.3, 0.4) is 0 Å². The minimum Gasteiger partial charge on any atom is -0.423 e. The number of carbonyl (C=O) groups is 1. The standard InChI is InChI=1S/C20H23NO5S/c1-15(2)16-6-8-18(9-7-16)26-20(22)17-4-3-5-19(14-17)27(23,24)21-10-12-25-13-11-21/h3-9,14-15H,10-13H2,1-2H3. The van der Waals surface area contributed by atoms with Gasteiger partial charge < -0.3 is 9.47 Å². The average Bonchev–Trinajstić information content (AvgIpc) is 2.69. The van der Waals surface area contributed by atoms with E-state index in [0.717, 1.165) is 5.56 Å². The number of sulfonamides is 1. The van der Waals surface area contributed by atoms with E-state index in [1.54, 1.807) is 24.3 Å². The van der Waals surface area contributed by atoms with Gasteiger partial charge in [0.25, 0.3) is 0 Å². The molecule has 0 amide bonds. The molecular weight excluding hydrogens is 366 g/mol. The lowest BCUT2D eigenvalue weighted by Crippen LogP contribution is -2.40. The number of hydrogen-bond acceptors (Lipinski definition) is 5. The van der Waals surface area contributed by atoms with Crippen LogP contribution < -0.4 is 4.74 Å². The predicted octanol–water partition coefficient (Wildman–Crippen LogP) is 3.05. The molecule has 0 N–H and O–H groups in total. The van der Waals surface area contributed by atoms with Crippen LogP contribution in [-0.4, -0.2) is 45.0 Å². The number of benzene rings is 2. The lowest BCUT2D eigenvalue weighted by molar-refractivity contribution is 0.0727. The zero-order valence-electron chi connectivity index (χ0n) is 15.4. The molecule has 7 heteroatoms.